The lowest BCUT2D eigenvalue weighted by Gasteiger charge is -2.20. The van der Waals surface area contributed by atoms with Crippen LogP contribution < -0.4 is 21.9 Å². The summed E-state index contributed by atoms with van der Waals surface area (Å²) in [6, 6.07) is 16.1. The van der Waals surface area contributed by atoms with E-state index in [2.05, 4.69) is 129 Å². The van der Waals surface area contributed by atoms with Crippen LogP contribution in [0.1, 0.15) is 96.3 Å². The zero-order valence-corrected chi connectivity index (χ0v) is 38.8. The summed E-state index contributed by atoms with van der Waals surface area (Å²) in [7, 11) is 1.67. The van der Waals surface area contributed by atoms with Crippen LogP contribution in [0, 0.1) is 5.41 Å². The first-order valence-corrected chi connectivity index (χ1v) is 22.3. The van der Waals surface area contributed by atoms with Crippen molar-refractivity contribution in [3.8, 4) is 5.75 Å². The molecule has 6 heteroatoms. The lowest BCUT2D eigenvalue weighted by atomic mass is 9.85. The Kier molecular flexibility index (Phi) is 24.6. The maximum Gasteiger partial charge on any atom is 0.118 e. The number of hydrogen-bond donors (Lipinski definition) is 3. The van der Waals surface area contributed by atoms with Gasteiger partial charge in [0.25, 0.3) is 0 Å². The topological polar surface area (TPSA) is 113 Å². The summed E-state index contributed by atoms with van der Waals surface area (Å²) in [6.45, 7) is 12.6. The zero-order valence-electron chi connectivity index (χ0n) is 38.8. The van der Waals surface area contributed by atoms with Gasteiger partial charge in [-0.05, 0) is 127 Å². The van der Waals surface area contributed by atoms with Crippen molar-refractivity contribution in [1.82, 2.24) is 9.97 Å². The van der Waals surface area contributed by atoms with Gasteiger partial charge in [0.05, 0.1) is 7.11 Å². The molecule has 0 saturated heterocycles. The van der Waals surface area contributed by atoms with Gasteiger partial charge in [-0.2, -0.15) is 0 Å². The van der Waals surface area contributed by atoms with Gasteiger partial charge in [-0.15, -0.1) is 0 Å². The van der Waals surface area contributed by atoms with Crippen LogP contribution >= 0.6 is 0 Å². The fourth-order valence-corrected chi connectivity index (χ4v) is 6.61. The van der Waals surface area contributed by atoms with Gasteiger partial charge in [0, 0.05) is 44.4 Å². The minimum Gasteiger partial charge on any atom is -0.497 e. The van der Waals surface area contributed by atoms with Gasteiger partial charge in [0.1, 0.15) is 5.75 Å². The minimum atomic E-state index is 0.171. The van der Waals surface area contributed by atoms with Crippen LogP contribution in [0.5, 0.6) is 5.75 Å². The van der Waals surface area contributed by atoms with Crippen molar-refractivity contribution in [3.63, 3.8) is 0 Å². The number of allylic oxidation sites excluding steroid dienone is 20. The van der Waals surface area contributed by atoms with Gasteiger partial charge in [-0.25, -0.2) is 0 Å². The van der Waals surface area contributed by atoms with Crippen molar-refractivity contribution in [2.45, 2.75) is 79.6 Å². The van der Waals surface area contributed by atoms with E-state index >= 15 is 0 Å². The zero-order chi connectivity index (χ0) is 45.5. The molecule has 0 bridgehead atoms. The summed E-state index contributed by atoms with van der Waals surface area (Å²) < 4.78 is 5.24. The van der Waals surface area contributed by atoms with E-state index in [0.717, 1.165) is 40.9 Å². The fraction of sp³-hybridized carbons (Fsp3) is 0.298. The van der Waals surface area contributed by atoms with Gasteiger partial charge in [-0.1, -0.05) is 165 Å². The summed E-state index contributed by atoms with van der Waals surface area (Å²) >= 11 is 0. The number of aromatic nitrogens is 2. The molecule has 63 heavy (non-hydrogen) atoms. The van der Waals surface area contributed by atoms with Gasteiger partial charge < -0.3 is 21.9 Å². The normalized spacial score (nSPS) is 16.4. The van der Waals surface area contributed by atoms with E-state index in [4.69, 9.17) is 21.9 Å². The Morgan fingerprint density at radius 3 is 2.03 bits per heavy atom. The molecule has 0 radical (unpaired) electrons. The highest BCUT2D eigenvalue weighted by Gasteiger charge is 2.14. The van der Waals surface area contributed by atoms with Crippen LogP contribution in [0.3, 0.4) is 0 Å². The number of pyridine rings is 2. The molecule has 6 N–H and O–H groups in total. The molecule has 0 saturated carbocycles. The molecular formula is C57H73N5O. The van der Waals surface area contributed by atoms with E-state index in [9.17, 15) is 0 Å². The maximum atomic E-state index is 5.54. The molecular weight excluding hydrogens is 771 g/mol. The predicted octanol–water partition coefficient (Wildman–Crippen LogP) is 13.2. The SMILES string of the molecule is CC(/C=C/C=C1/C=C(c2cccnc2)CCC1)=C\CN.CC(C)(C)C(=C\C=C\CN)/C=C/C1=CCCCC1.COc1ccc(C(=C\C=C\C(C)=C\CN)/C=C/c2cccnc2)cc1. The summed E-state index contributed by atoms with van der Waals surface area (Å²) in [5.41, 5.74) is 29.1. The highest BCUT2D eigenvalue weighted by atomic mass is 16.5. The standard InChI is InChI=1S/C22H24N2O.C18H22N2.C17H27N/c1-18(14-15-23)5-3-7-20(9-8-19-6-4-16-24-17-19)21-10-12-22(25-2)13-11-21;1-15(10-11-19)5-2-6-16-7-3-8-17(13-16)18-9-4-12-20-14-18;1-17(2,3)16(11-7-8-14-18)13-12-15-9-5-4-6-10-15/h3-14,16-17H,15,23H2,1-2H3;2,4-6,9-10,12-14H,3,7-8,11,19H2,1H3;7-9,11-13H,4-6,10,14,18H2,1-3H3/b5-3+,9-8+,18-14+,20-7-;5-2+,15-10+,16-6+;8-7+,13-12+,16-11-. The lowest BCUT2D eigenvalue weighted by Crippen LogP contribution is -2.07. The second-order valence-electron chi connectivity index (χ2n) is 16.5. The molecule has 0 spiro atoms. The van der Waals surface area contributed by atoms with Crippen molar-refractivity contribution in [2.75, 3.05) is 26.7 Å². The highest BCUT2D eigenvalue weighted by Crippen LogP contribution is 2.30. The molecule has 2 aliphatic carbocycles. The summed E-state index contributed by atoms with van der Waals surface area (Å²) in [5.74, 6) is 0.844. The average Bonchev–Trinajstić information content (AvgIpc) is 3.30. The molecule has 332 valence electrons. The number of methoxy groups -OCH3 is 1. The van der Waals surface area contributed by atoms with E-state index in [1.54, 1.807) is 13.3 Å². The van der Waals surface area contributed by atoms with E-state index in [0.29, 0.717) is 19.6 Å². The number of nitrogens with zero attached hydrogens (tertiary/aromatic N) is 2. The van der Waals surface area contributed by atoms with Crippen LogP contribution in [-0.2, 0) is 0 Å². The maximum absolute atomic E-state index is 5.54. The first kappa shape index (κ1) is 51.4. The second-order valence-corrected chi connectivity index (χ2v) is 16.5. The van der Waals surface area contributed by atoms with Crippen LogP contribution in [0.2, 0.25) is 0 Å². The van der Waals surface area contributed by atoms with E-state index < -0.39 is 0 Å². The molecule has 1 aromatic carbocycles. The van der Waals surface area contributed by atoms with Crippen molar-refractivity contribution in [3.05, 3.63) is 215 Å². The Bertz CT molecular complexity index is 2170. The molecule has 0 fully saturated rings. The number of ether oxygens (including phenoxy) is 1. The van der Waals surface area contributed by atoms with Crippen molar-refractivity contribution >= 4 is 17.2 Å². The van der Waals surface area contributed by atoms with Gasteiger partial charge in [-0.3, -0.25) is 9.97 Å². The number of rotatable bonds is 15. The molecule has 0 atom stereocenters. The highest BCUT2D eigenvalue weighted by molar-refractivity contribution is 5.80. The van der Waals surface area contributed by atoms with Crippen LogP contribution in [0.15, 0.2) is 198 Å². The Balaban J connectivity index is 0.000000256. The summed E-state index contributed by atoms with van der Waals surface area (Å²) in [5, 5.41) is 0. The Morgan fingerprint density at radius 2 is 1.43 bits per heavy atom. The van der Waals surface area contributed by atoms with Crippen molar-refractivity contribution < 1.29 is 4.74 Å². The third-order valence-corrected chi connectivity index (χ3v) is 10.3. The van der Waals surface area contributed by atoms with Gasteiger partial charge in [0.2, 0.25) is 0 Å². The van der Waals surface area contributed by atoms with E-state index in [1.807, 2.05) is 86.2 Å². The first-order chi connectivity index (χ1) is 30.6. The molecule has 0 amide bonds. The van der Waals surface area contributed by atoms with Gasteiger partial charge >= 0.3 is 0 Å². The van der Waals surface area contributed by atoms with E-state index in [1.165, 1.54) is 65.5 Å². The van der Waals surface area contributed by atoms with Crippen LogP contribution in [-0.4, -0.2) is 36.7 Å². The largest absolute Gasteiger partial charge is 0.497 e. The quantitative estimate of drug-likeness (QED) is 0.131. The number of hydrogen-bond acceptors (Lipinski definition) is 6. The Hall–Kier alpha value is -5.92. The molecule has 5 rings (SSSR count). The molecule has 0 aliphatic heterocycles. The molecule has 0 unspecified atom stereocenters. The summed E-state index contributed by atoms with van der Waals surface area (Å²) in [4.78, 5) is 8.34. The van der Waals surface area contributed by atoms with E-state index in [-0.39, 0.29) is 5.41 Å². The van der Waals surface area contributed by atoms with Crippen molar-refractivity contribution in [1.29, 1.82) is 0 Å². The smallest absolute Gasteiger partial charge is 0.118 e. The molecule has 3 aromatic rings. The Morgan fingerprint density at radius 1 is 0.714 bits per heavy atom. The predicted molar refractivity (Wildman–Crippen MR) is 274 cm³/mol. The number of benzene rings is 1. The van der Waals surface area contributed by atoms with Crippen LogP contribution in [0.25, 0.3) is 17.2 Å². The number of nitrogens with two attached hydrogens (primary N) is 3. The molecule has 6 nitrogen and oxygen atoms in total. The molecule has 2 aliphatic rings. The van der Waals surface area contributed by atoms with Crippen LogP contribution in [0.4, 0.5) is 0 Å². The monoisotopic (exact) mass is 844 g/mol. The lowest BCUT2D eigenvalue weighted by molar-refractivity contribution is 0.415. The first-order valence-electron chi connectivity index (χ1n) is 22.3. The minimum absolute atomic E-state index is 0.171. The molecule has 2 heterocycles. The Labute approximate surface area is 380 Å². The third-order valence-electron chi connectivity index (χ3n) is 10.3. The fourth-order valence-electron chi connectivity index (χ4n) is 6.61. The summed E-state index contributed by atoms with van der Waals surface area (Å²) in [6.07, 6.45) is 52.2. The second kappa shape index (κ2) is 30.2. The van der Waals surface area contributed by atoms with Crippen molar-refractivity contribution in [2.24, 2.45) is 22.6 Å². The average molecular weight is 844 g/mol. The third kappa shape index (κ3) is 21.6. The molecule has 2 aromatic heterocycles. The van der Waals surface area contributed by atoms with Gasteiger partial charge in [0.15, 0.2) is 0 Å².